The van der Waals surface area contributed by atoms with Crippen molar-refractivity contribution in [2.45, 2.75) is 31.3 Å². The highest BCUT2D eigenvalue weighted by Gasteiger charge is 2.44. The van der Waals surface area contributed by atoms with Crippen LogP contribution in [0.25, 0.3) is 0 Å². The first-order valence-electron chi connectivity index (χ1n) is 15.4. The monoisotopic (exact) mass is 628 g/mol. The van der Waals surface area contributed by atoms with E-state index in [0.29, 0.717) is 18.4 Å². The van der Waals surface area contributed by atoms with E-state index in [1.807, 2.05) is 30.3 Å². The Morgan fingerprint density at radius 2 is 0.915 bits per heavy atom. The number of carbonyl (C=O) groups excluding carboxylic acids is 6. The summed E-state index contributed by atoms with van der Waals surface area (Å²) in [6, 6.07) is 28.7. The zero-order valence-corrected chi connectivity index (χ0v) is 25.4. The number of benzene rings is 4. The number of fused-ring (bicyclic) bond motifs is 2. The van der Waals surface area contributed by atoms with Gasteiger partial charge in [0.25, 0.3) is 23.6 Å². The maximum atomic E-state index is 13.5. The molecule has 2 aliphatic heterocycles. The van der Waals surface area contributed by atoms with Crippen molar-refractivity contribution in [3.63, 3.8) is 0 Å². The molecule has 47 heavy (non-hydrogen) atoms. The molecular weight excluding hydrogens is 596 g/mol. The van der Waals surface area contributed by atoms with Crippen LogP contribution in [0.15, 0.2) is 109 Å². The van der Waals surface area contributed by atoms with Gasteiger partial charge in [0.2, 0.25) is 11.8 Å². The molecule has 0 aromatic heterocycles. The Balaban J connectivity index is 1.07. The van der Waals surface area contributed by atoms with Crippen LogP contribution in [0.3, 0.4) is 0 Å². The average Bonchev–Trinajstić information content (AvgIpc) is 3.50. The maximum Gasteiger partial charge on any atom is 0.262 e. The topological polar surface area (TPSA) is 133 Å². The molecular formula is C37H32N4O6. The number of nitrogens with one attached hydrogen (secondary N) is 2. The second kappa shape index (κ2) is 13.6. The van der Waals surface area contributed by atoms with E-state index in [4.69, 9.17) is 0 Å². The molecule has 10 heteroatoms. The lowest BCUT2D eigenvalue weighted by Gasteiger charge is -2.26. The summed E-state index contributed by atoms with van der Waals surface area (Å²) in [6.07, 6.45) is 1.12. The zero-order valence-electron chi connectivity index (χ0n) is 25.4. The molecule has 4 aromatic rings. The van der Waals surface area contributed by atoms with Crippen LogP contribution in [0, 0.1) is 0 Å². The highest BCUT2D eigenvalue weighted by molar-refractivity contribution is 6.23. The van der Waals surface area contributed by atoms with Gasteiger partial charge in [0.15, 0.2) is 0 Å². The van der Waals surface area contributed by atoms with Crippen LogP contribution < -0.4 is 10.6 Å². The maximum absolute atomic E-state index is 13.5. The molecule has 4 aromatic carbocycles. The van der Waals surface area contributed by atoms with E-state index in [0.717, 1.165) is 15.4 Å². The predicted molar refractivity (Wildman–Crippen MR) is 172 cm³/mol. The van der Waals surface area contributed by atoms with E-state index in [9.17, 15) is 28.8 Å². The normalized spacial score (nSPS) is 14.9. The molecule has 2 N–H and O–H groups in total. The third-order valence-electron chi connectivity index (χ3n) is 8.36. The van der Waals surface area contributed by atoms with Gasteiger partial charge in [-0.3, -0.25) is 38.6 Å². The smallest absolute Gasteiger partial charge is 0.262 e. The Hall–Kier alpha value is -5.90. The Morgan fingerprint density at radius 3 is 1.40 bits per heavy atom. The third kappa shape index (κ3) is 6.17. The molecule has 2 atom stereocenters. The molecule has 0 bridgehead atoms. The van der Waals surface area contributed by atoms with Gasteiger partial charge in [-0.05, 0) is 48.2 Å². The summed E-state index contributed by atoms with van der Waals surface area (Å²) in [5.74, 6) is -3.02. The van der Waals surface area contributed by atoms with Gasteiger partial charge in [-0.1, -0.05) is 84.9 Å². The molecule has 236 valence electrons. The molecule has 0 saturated heterocycles. The molecule has 0 radical (unpaired) electrons. The van der Waals surface area contributed by atoms with Crippen LogP contribution in [-0.4, -0.2) is 64.4 Å². The van der Waals surface area contributed by atoms with Crippen molar-refractivity contribution in [3.8, 4) is 0 Å². The molecule has 0 fully saturated rings. The lowest BCUT2D eigenvalue weighted by molar-refractivity contribution is -0.126. The van der Waals surface area contributed by atoms with Gasteiger partial charge in [-0.15, -0.1) is 0 Å². The van der Waals surface area contributed by atoms with Crippen molar-refractivity contribution in [2.24, 2.45) is 0 Å². The van der Waals surface area contributed by atoms with E-state index in [1.54, 1.807) is 78.9 Å². The highest BCUT2D eigenvalue weighted by Crippen LogP contribution is 2.32. The fraction of sp³-hybridized carbons (Fsp3) is 0.189. The van der Waals surface area contributed by atoms with E-state index in [1.165, 1.54) is 0 Å². The first kappa shape index (κ1) is 31.1. The molecule has 2 aliphatic rings. The van der Waals surface area contributed by atoms with Crippen molar-refractivity contribution >= 4 is 35.4 Å². The average molecular weight is 629 g/mol. The minimum absolute atomic E-state index is 0.160. The first-order valence-corrected chi connectivity index (χ1v) is 15.4. The summed E-state index contributed by atoms with van der Waals surface area (Å²) < 4.78 is 0. The Bertz CT molecular complexity index is 1790. The number of unbranched alkanes of at least 4 members (excludes halogenated alkanes) is 1. The number of amides is 6. The van der Waals surface area contributed by atoms with Crippen molar-refractivity contribution in [3.05, 3.63) is 143 Å². The fourth-order valence-corrected chi connectivity index (χ4v) is 6.01. The molecule has 0 aliphatic carbocycles. The SMILES string of the molecule is O=C(NCCCCNC(=O)[C@@H](c1ccccc1)N1C(=O)c2ccccc2C1=O)[C@H](Cc1ccccc1)N1C(=O)c2ccccc2C1=O. The van der Waals surface area contributed by atoms with Gasteiger partial charge < -0.3 is 10.6 Å². The van der Waals surface area contributed by atoms with Crippen molar-refractivity contribution < 1.29 is 28.8 Å². The lowest BCUT2D eigenvalue weighted by Crippen LogP contribution is -2.51. The number of imide groups is 2. The summed E-state index contributed by atoms with van der Waals surface area (Å²) in [5, 5.41) is 5.70. The van der Waals surface area contributed by atoms with E-state index < -0.39 is 47.5 Å². The fourth-order valence-electron chi connectivity index (χ4n) is 6.01. The first-order chi connectivity index (χ1) is 22.9. The van der Waals surface area contributed by atoms with E-state index >= 15 is 0 Å². The predicted octanol–water partition coefficient (Wildman–Crippen LogP) is 3.94. The number of carbonyl (C=O) groups is 6. The molecule has 2 heterocycles. The van der Waals surface area contributed by atoms with Crippen molar-refractivity contribution in [1.29, 1.82) is 0 Å². The molecule has 0 unspecified atom stereocenters. The summed E-state index contributed by atoms with van der Waals surface area (Å²) in [6.45, 7) is 0.469. The molecule has 6 amide bonds. The Morgan fingerprint density at radius 1 is 0.511 bits per heavy atom. The van der Waals surface area contributed by atoms with Crippen LogP contribution in [0.4, 0.5) is 0 Å². The van der Waals surface area contributed by atoms with Gasteiger partial charge >= 0.3 is 0 Å². The van der Waals surface area contributed by atoms with Gasteiger partial charge in [-0.2, -0.15) is 0 Å². The molecule has 0 spiro atoms. The second-order valence-electron chi connectivity index (χ2n) is 11.4. The number of hydrogen-bond acceptors (Lipinski definition) is 6. The van der Waals surface area contributed by atoms with Crippen LogP contribution >= 0.6 is 0 Å². The summed E-state index contributed by atoms with van der Waals surface area (Å²) in [5.41, 5.74) is 2.37. The zero-order chi connectivity index (χ0) is 32.9. The number of nitrogens with zero attached hydrogens (tertiary/aromatic N) is 2. The Kier molecular flexibility index (Phi) is 9.01. The largest absolute Gasteiger partial charge is 0.354 e. The molecule has 6 rings (SSSR count). The molecule has 0 saturated carbocycles. The minimum Gasteiger partial charge on any atom is -0.354 e. The summed E-state index contributed by atoms with van der Waals surface area (Å²) >= 11 is 0. The van der Waals surface area contributed by atoms with Gasteiger partial charge in [0, 0.05) is 19.5 Å². The molecule has 10 nitrogen and oxygen atoms in total. The van der Waals surface area contributed by atoms with Crippen molar-refractivity contribution in [1.82, 2.24) is 20.4 Å². The second-order valence-corrected chi connectivity index (χ2v) is 11.4. The highest BCUT2D eigenvalue weighted by atomic mass is 16.2. The number of rotatable bonds is 12. The van der Waals surface area contributed by atoms with E-state index in [-0.39, 0.29) is 41.8 Å². The lowest BCUT2D eigenvalue weighted by atomic mass is 10.0. The standard InChI is InChI=1S/C37H32N4O6/c42-32(30(23-24-13-3-1-4-14-24)40-34(44)26-17-7-8-18-27(26)35(40)45)38-21-11-12-22-39-33(43)31(25-15-5-2-6-16-25)41-36(46)28-19-9-10-20-29(28)37(41)47/h1-10,13-20,30-31H,11-12,21-23H2,(H,38,42)(H,39,43)/t30-,31+/m0/s1. The van der Waals surface area contributed by atoms with Crippen LogP contribution in [0.5, 0.6) is 0 Å². The number of hydrogen-bond donors (Lipinski definition) is 2. The van der Waals surface area contributed by atoms with E-state index in [2.05, 4.69) is 10.6 Å². The van der Waals surface area contributed by atoms with Crippen molar-refractivity contribution in [2.75, 3.05) is 13.1 Å². The quantitative estimate of drug-likeness (QED) is 0.180. The van der Waals surface area contributed by atoms with Crippen LogP contribution in [0.2, 0.25) is 0 Å². The summed E-state index contributed by atoms with van der Waals surface area (Å²) in [4.78, 5) is 81.9. The van der Waals surface area contributed by atoms with Crippen LogP contribution in [0.1, 0.15) is 71.4 Å². The van der Waals surface area contributed by atoms with Gasteiger partial charge in [-0.25, -0.2) is 0 Å². The third-order valence-corrected chi connectivity index (χ3v) is 8.36. The van der Waals surface area contributed by atoms with Gasteiger partial charge in [0.05, 0.1) is 22.3 Å². The minimum atomic E-state index is -1.15. The van der Waals surface area contributed by atoms with Gasteiger partial charge in [0.1, 0.15) is 12.1 Å². The Labute approximate surface area is 271 Å². The van der Waals surface area contributed by atoms with Crippen LogP contribution in [-0.2, 0) is 16.0 Å². The summed E-state index contributed by atoms with van der Waals surface area (Å²) in [7, 11) is 0.